The molecule has 8 rings (SSSR count). The van der Waals surface area contributed by atoms with Gasteiger partial charge in [0.1, 0.15) is 5.75 Å². The van der Waals surface area contributed by atoms with Gasteiger partial charge in [-0.05, 0) is 46.5 Å². The van der Waals surface area contributed by atoms with Crippen LogP contribution in [0.1, 0.15) is 28.2 Å². The summed E-state index contributed by atoms with van der Waals surface area (Å²) in [5, 5.41) is 10.0. The van der Waals surface area contributed by atoms with Crippen LogP contribution in [0.4, 0.5) is 11.4 Å². The van der Waals surface area contributed by atoms with Gasteiger partial charge in [0, 0.05) is 18.2 Å². The van der Waals surface area contributed by atoms with Crippen molar-refractivity contribution in [3.8, 4) is 5.75 Å². The van der Waals surface area contributed by atoms with E-state index in [2.05, 4.69) is 24.3 Å². The quantitative estimate of drug-likeness (QED) is 0.324. The second-order valence-electron chi connectivity index (χ2n) is 9.65. The Labute approximate surface area is 208 Å². The van der Waals surface area contributed by atoms with E-state index in [-0.39, 0.29) is 23.5 Å². The Balaban J connectivity index is 1.52. The maximum atomic E-state index is 14.2. The highest BCUT2D eigenvalue weighted by molar-refractivity contribution is 6.25. The predicted molar refractivity (Wildman–Crippen MR) is 138 cm³/mol. The number of carbonyl (C=O) groups excluding carboxylic acids is 2. The summed E-state index contributed by atoms with van der Waals surface area (Å²) in [5.41, 5.74) is 4.40. The van der Waals surface area contributed by atoms with Gasteiger partial charge in [-0.25, -0.2) is 4.90 Å². The van der Waals surface area contributed by atoms with Crippen LogP contribution in [0.25, 0.3) is 0 Å². The van der Waals surface area contributed by atoms with Gasteiger partial charge in [-0.1, -0.05) is 72.8 Å². The molecule has 1 aliphatic heterocycles. The Morgan fingerprint density at radius 2 is 1.39 bits per heavy atom. The Kier molecular flexibility index (Phi) is 4.33. The number of aromatic hydroxyl groups is 1. The lowest BCUT2D eigenvalue weighted by Gasteiger charge is -2.52. The number of imide groups is 1. The number of phenolic OH excluding ortho intramolecular Hbond substituents is 1. The third-order valence-corrected chi connectivity index (χ3v) is 7.95. The molecule has 5 nitrogen and oxygen atoms in total. The number of para-hydroxylation sites is 1. The second kappa shape index (κ2) is 7.49. The number of hydrogen-bond acceptors (Lipinski definition) is 4. The molecule has 4 aromatic carbocycles. The van der Waals surface area contributed by atoms with Crippen molar-refractivity contribution >= 4 is 29.4 Å². The minimum absolute atomic E-state index is 0.121. The minimum Gasteiger partial charge on any atom is -0.508 e. The minimum atomic E-state index is -0.922. The SMILES string of the molecule is O=C1C2C3c4ccccc4C(C=Nc4cccc(O)c4)(c4ccccc43)C2C(=O)N1c1ccccc1. The first-order chi connectivity index (χ1) is 17.6. The topological polar surface area (TPSA) is 70.0 Å². The van der Waals surface area contributed by atoms with E-state index in [1.807, 2.05) is 66.9 Å². The van der Waals surface area contributed by atoms with Gasteiger partial charge in [-0.3, -0.25) is 14.6 Å². The maximum Gasteiger partial charge on any atom is 0.239 e. The first-order valence-electron chi connectivity index (χ1n) is 12.1. The highest BCUT2D eigenvalue weighted by atomic mass is 16.3. The maximum absolute atomic E-state index is 14.2. The molecule has 4 aliphatic rings. The number of phenols is 1. The van der Waals surface area contributed by atoms with Gasteiger partial charge in [0.2, 0.25) is 11.8 Å². The zero-order valence-corrected chi connectivity index (χ0v) is 19.3. The van der Waals surface area contributed by atoms with Crippen LogP contribution in [-0.2, 0) is 15.0 Å². The molecule has 1 N–H and O–H groups in total. The summed E-state index contributed by atoms with van der Waals surface area (Å²) in [5.74, 6) is -1.61. The van der Waals surface area contributed by atoms with Crippen molar-refractivity contribution in [2.24, 2.45) is 16.8 Å². The van der Waals surface area contributed by atoms with Crippen molar-refractivity contribution in [1.29, 1.82) is 0 Å². The monoisotopic (exact) mass is 470 g/mol. The van der Waals surface area contributed by atoms with E-state index in [1.54, 1.807) is 18.2 Å². The Morgan fingerprint density at radius 3 is 2.06 bits per heavy atom. The van der Waals surface area contributed by atoms with Gasteiger partial charge in [-0.15, -0.1) is 0 Å². The van der Waals surface area contributed by atoms with Gasteiger partial charge in [0.25, 0.3) is 0 Å². The molecule has 4 aromatic rings. The molecule has 2 bridgehead atoms. The fourth-order valence-electron chi connectivity index (χ4n) is 6.63. The molecule has 2 unspecified atom stereocenters. The number of benzene rings is 4. The highest BCUT2D eigenvalue weighted by Crippen LogP contribution is 2.63. The van der Waals surface area contributed by atoms with Crippen LogP contribution in [0.3, 0.4) is 0 Å². The molecule has 0 saturated carbocycles. The Bertz CT molecular complexity index is 1530. The lowest BCUT2D eigenvalue weighted by atomic mass is 9.47. The van der Waals surface area contributed by atoms with E-state index < -0.39 is 17.3 Å². The van der Waals surface area contributed by atoms with Crippen LogP contribution < -0.4 is 4.90 Å². The number of anilines is 1. The largest absolute Gasteiger partial charge is 0.508 e. The van der Waals surface area contributed by atoms with Crippen molar-refractivity contribution in [3.05, 3.63) is 125 Å². The summed E-state index contributed by atoms with van der Waals surface area (Å²) in [6.07, 6.45) is 1.84. The summed E-state index contributed by atoms with van der Waals surface area (Å²) < 4.78 is 0. The van der Waals surface area contributed by atoms with E-state index >= 15 is 0 Å². The van der Waals surface area contributed by atoms with Crippen LogP contribution in [0.15, 0.2) is 108 Å². The molecule has 1 fully saturated rings. The van der Waals surface area contributed by atoms with Crippen molar-refractivity contribution < 1.29 is 14.7 Å². The van der Waals surface area contributed by atoms with Crippen molar-refractivity contribution in [2.75, 3.05) is 4.90 Å². The van der Waals surface area contributed by atoms with Crippen LogP contribution in [0, 0.1) is 11.8 Å². The Hall–Kier alpha value is -4.51. The fourth-order valence-corrected chi connectivity index (χ4v) is 6.63. The van der Waals surface area contributed by atoms with Crippen LogP contribution in [-0.4, -0.2) is 23.1 Å². The van der Waals surface area contributed by atoms with Gasteiger partial charge in [-0.2, -0.15) is 0 Å². The van der Waals surface area contributed by atoms with Gasteiger partial charge in [0.05, 0.1) is 28.6 Å². The lowest BCUT2D eigenvalue weighted by Crippen LogP contribution is -2.54. The average Bonchev–Trinajstić information content (AvgIpc) is 3.19. The third kappa shape index (κ3) is 2.63. The first-order valence-corrected chi connectivity index (χ1v) is 12.1. The lowest BCUT2D eigenvalue weighted by molar-refractivity contribution is -0.122. The number of hydrogen-bond donors (Lipinski definition) is 1. The molecular weight excluding hydrogens is 448 g/mol. The molecule has 2 atom stereocenters. The number of rotatable bonds is 3. The molecule has 5 heteroatoms. The number of aliphatic imine (C=N–C) groups is 1. The van der Waals surface area contributed by atoms with Crippen LogP contribution in [0.5, 0.6) is 5.75 Å². The average molecular weight is 471 g/mol. The molecule has 36 heavy (non-hydrogen) atoms. The summed E-state index contributed by atoms with van der Waals surface area (Å²) in [6.45, 7) is 0. The predicted octanol–water partition coefficient (Wildman–Crippen LogP) is 5.35. The van der Waals surface area contributed by atoms with E-state index in [9.17, 15) is 14.7 Å². The summed E-state index contributed by atoms with van der Waals surface area (Å²) in [4.78, 5) is 34.5. The van der Waals surface area contributed by atoms with Gasteiger partial charge >= 0.3 is 0 Å². The number of carbonyl (C=O) groups is 2. The summed E-state index contributed by atoms with van der Waals surface area (Å²) in [6, 6.07) is 32.1. The molecule has 1 saturated heterocycles. The molecule has 0 spiro atoms. The van der Waals surface area contributed by atoms with E-state index in [0.717, 1.165) is 22.3 Å². The number of nitrogens with zero attached hydrogens (tertiary/aromatic N) is 2. The normalized spacial score (nSPS) is 25.7. The summed E-state index contributed by atoms with van der Waals surface area (Å²) in [7, 11) is 0. The number of amides is 2. The standard InChI is InChI=1S/C31H22N2O3/c34-21-12-8-9-19(17-21)32-18-31-24-15-6-4-13-22(24)26(23-14-5-7-16-25(23)31)27-28(31)30(36)33(29(27)35)20-10-2-1-3-11-20/h1-18,26-28,34H. The second-order valence-corrected chi connectivity index (χ2v) is 9.65. The van der Waals surface area contributed by atoms with E-state index in [4.69, 9.17) is 4.99 Å². The third-order valence-electron chi connectivity index (χ3n) is 7.95. The van der Waals surface area contributed by atoms with Crippen LogP contribution >= 0.6 is 0 Å². The smallest absolute Gasteiger partial charge is 0.239 e. The fraction of sp³-hybridized carbons (Fsp3) is 0.129. The van der Waals surface area contributed by atoms with Gasteiger partial charge < -0.3 is 5.11 Å². The molecule has 174 valence electrons. The van der Waals surface area contributed by atoms with E-state index in [1.165, 1.54) is 4.90 Å². The van der Waals surface area contributed by atoms with E-state index in [0.29, 0.717) is 11.4 Å². The summed E-state index contributed by atoms with van der Waals surface area (Å²) >= 11 is 0. The Morgan fingerprint density at radius 1 is 0.750 bits per heavy atom. The molecule has 2 amide bonds. The molecule has 0 aromatic heterocycles. The molecule has 3 aliphatic carbocycles. The zero-order chi connectivity index (χ0) is 24.4. The van der Waals surface area contributed by atoms with Crippen molar-refractivity contribution in [3.63, 3.8) is 0 Å². The molecular formula is C31H22N2O3. The first kappa shape index (κ1) is 20.8. The molecule has 0 radical (unpaired) electrons. The highest BCUT2D eigenvalue weighted by Gasteiger charge is 2.67. The molecule has 1 heterocycles. The van der Waals surface area contributed by atoms with Crippen LogP contribution in [0.2, 0.25) is 0 Å². The van der Waals surface area contributed by atoms with Crippen molar-refractivity contribution in [1.82, 2.24) is 0 Å². The van der Waals surface area contributed by atoms with Crippen molar-refractivity contribution in [2.45, 2.75) is 11.3 Å². The zero-order valence-electron chi connectivity index (χ0n) is 19.3. The van der Waals surface area contributed by atoms with Gasteiger partial charge in [0.15, 0.2) is 0 Å².